The van der Waals surface area contributed by atoms with Gasteiger partial charge in [-0.2, -0.15) is 0 Å². The van der Waals surface area contributed by atoms with E-state index in [0.717, 1.165) is 17.9 Å². The standard InChI is InChI=1S/C17H21NO3/c1-12-18-17-15(7-14(9-19)8-16(17)21-12)11-20-10-13-5-3-2-4-6-13/h2-6,8,15-17,19H,7,9-11H2,1H3/t15-,16+,17-/m0/s1. The predicted molar refractivity (Wildman–Crippen MR) is 81.1 cm³/mol. The lowest BCUT2D eigenvalue weighted by molar-refractivity contribution is 0.0615. The monoisotopic (exact) mass is 287 g/mol. The molecule has 0 bridgehead atoms. The summed E-state index contributed by atoms with van der Waals surface area (Å²) in [6, 6.07) is 10.3. The molecule has 3 atom stereocenters. The molecule has 21 heavy (non-hydrogen) atoms. The molecule has 1 aliphatic carbocycles. The summed E-state index contributed by atoms with van der Waals surface area (Å²) in [7, 11) is 0. The molecule has 1 aromatic carbocycles. The van der Waals surface area contributed by atoms with E-state index in [1.165, 1.54) is 5.56 Å². The van der Waals surface area contributed by atoms with Gasteiger partial charge in [-0.15, -0.1) is 0 Å². The van der Waals surface area contributed by atoms with E-state index < -0.39 is 0 Å². The van der Waals surface area contributed by atoms with Crippen LogP contribution in [0.25, 0.3) is 0 Å². The molecular formula is C17H21NO3. The third kappa shape index (κ3) is 3.34. The SMILES string of the molecule is CC1=N[C@H]2[C@H](COCc3ccccc3)CC(CO)=C[C@H]2O1. The average Bonchev–Trinajstić information content (AvgIpc) is 2.88. The molecule has 1 aliphatic heterocycles. The zero-order valence-corrected chi connectivity index (χ0v) is 12.2. The number of fused-ring (bicyclic) bond motifs is 1. The summed E-state index contributed by atoms with van der Waals surface area (Å²) in [5.74, 6) is 0.997. The van der Waals surface area contributed by atoms with E-state index in [-0.39, 0.29) is 24.7 Å². The van der Waals surface area contributed by atoms with Crippen LogP contribution in [0.15, 0.2) is 47.0 Å². The zero-order chi connectivity index (χ0) is 14.7. The molecule has 0 spiro atoms. The summed E-state index contributed by atoms with van der Waals surface area (Å²) in [5, 5.41) is 9.40. The molecule has 0 saturated carbocycles. The van der Waals surface area contributed by atoms with Gasteiger partial charge >= 0.3 is 0 Å². The van der Waals surface area contributed by atoms with Gasteiger partial charge in [0.1, 0.15) is 6.10 Å². The minimum absolute atomic E-state index is 0.0359. The summed E-state index contributed by atoms with van der Waals surface area (Å²) in [6.07, 6.45) is 2.80. The number of aliphatic hydroxyl groups is 1. The molecular weight excluding hydrogens is 266 g/mol. The summed E-state index contributed by atoms with van der Waals surface area (Å²) < 4.78 is 11.6. The van der Waals surface area contributed by atoms with Gasteiger partial charge in [0.05, 0.1) is 25.9 Å². The van der Waals surface area contributed by atoms with Gasteiger partial charge in [0.2, 0.25) is 0 Å². The zero-order valence-electron chi connectivity index (χ0n) is 12.2. The minimum Gasteiger partial charge on any atom is -0.472 e. The number of aliphatic hydroxyl groups excluding tert-OH is 1. The summed E-state index contributed by atoms with van der Waals surface area (Å²) >= 11 is 0. The van der Waals surface area contributed by atoms with Crippen LogP contribution in [0.2, 0.25) is 0 Å². The van der Waals surface area contributed by atoms with Crippen LogP contribution < -0.4 is 0 Å². The van der Waals surface area contributed by atoms with E-state index >= 15 is 0 Å². The number of rotatable bonds is 5. The van der Waals surface area contributed by atoms with E-state index in [9.17, 15) is 5.11 Å². The Labute approximate surface area is 125 Å². The second kappa shape index (κ2) is 6.41. The molecule has 1 heterocycles. The largest absolute Gasteiger partial charge is 0.472 e. The molecule has 2 aliphatic rings. The van der Waals surface area contributed by atoms with Gasteiger partial charge in [-0.3, -0.25) is 0 Å². The first kappa shape index (κ1) is 14.3. The van der Waals surface area contributed by atoms with E-state index in [0.29, 0.717) is 13.2 Å². The molecule has 4 heteroatoms. The van der Waals surface area contributed by atoms with Crippen molar-refractivity contribution in [1.29, 1.82) is 0 Å². The Kier molecular flexibility index (Phi) is 4.36. The molecule has 0 saturated heterocycles. The van der Waals surface area contributed by atoms with Gasteiger partial charge in [-0.25, -0.2) is 4.99 Å². The Morgan fingerprint density at radius 1 is 1.33 bits per heavy atom. The fourth-order valence-corrected chi connectivity index (χ4v) is 3.02. The van der Waals surface area contributed by atoms with Crippen molar-refractivity contribution in [2.24, 2.45) is 10.9 Å². The maximum atomic E-state index is 9.40. The number of nitrogens with zero attached hydrogens (tertiary/aromatic N) is 1. The maximum absolute atomic E-state index is 9.40. The van der Waals surface area contributed by atoms with Crippen molar-refractivity contribution in [1.82, 2.24) is 0 Å². The van der Waals surface area contributed by atoms with Crippen LogP contribution in [0, 0.1) is 5.92 Å². The fraction of sp³-hybridized carbons (Fsp3) is 0.471. The van der Waals surface area contributed by atoms with Crippen LogP contribution in [0.3, 0.4) is 0 Å². The van der Waals surface area contributed by atoms with Crippen molar-refractivity contribution in [2.45, 2.75) is 32.1 Å². The van der Waals surface area contributed by atoms with Crippen LogP contribution in [-0.2, 0) is 16.1 Å². The molecule has 0 unspecified atom stereocenters. The number of aliphatic imine (C=N–C) groups is 1. The second-order valence-corrected chi connectivity index (χ2v) is 5.67. The van der Waals surface area contributed by atoms with E-state index in [2.05, 4.69) is 17.1 Å². The molecule has 1 aromatic rings. The first-order chi connectivity index (χ1) is 10.3. The second-order valence-electron chi connectivity index (χ2n) is 5.67. The van der Waals surface area contributed by atoms with E-state index in [1.807, 2.05) is 31.2 Å². The molecule has 0 fully saturated rings. The van der Waals surface area contributed by atoms with Gasteiger partial charge in [0.15, 0.2) is 5.90 Å². The van der Waals surface area contributed by atoms with Crippen molar-refractivity contribution in [3.8, 4) is 0 Å². The molecule has 3 rings (SSSR count). The van der Waals surface area contributed by atoms with Crippen molar-refractivity contribution >= 4 is 5.90 Å². The van der Waals surface area contributed by atoms with E-state index in [1.54, 1.807) is 0 Å². The molecule has 0 aromatic heterocycles. The normalized spacial score (nSPS) is 27.6. The highest BCUT2D eigenvalue weighted by Crippen LogP contribution is 2.32. The van der Waals surface area contributed by atoms with Gasteiger partial charge < -0.3 is 14.6 Å². The van der Waals surface area contributed by atoms with Crippen LogP contribution in [-0.4, -0.2) is 36.4 Å². The Bertz CT molecular complexity index is 538. The predicted octanol–water partition coefficient (Wildman–Crippen LogP) is 2.33. The third-order valence-corrected chi connectivity index (χ3v) is 4.03. The van der Waals surface area contributed by atoms with Crippen molar-refractivity contribution < 1.29 is 14.6 Å². The van der Waals surface area contributed by atoms with Crippen molar-refractivity contribution in [2.75, 3.05) is 13.2 Å². The smallest absolute Gasteiger partial charge is 0.181 e. The lowest BCUT2D eigenvalue weighted by Gasteiger charge is -2.29. The quantitative estimate of drug-likeness (QED) is 0.846. The highest BCUT2D eigenvalue weighted by molar-refractivity contribution is 5.75. The highest BCUT2D eigenvalue weighted by atomic mass is 16.5. The number of hydrogen-bond donors (Lipinski definition) is 1. The maximum Gasteiger partial charge on any atom is 0.181 e. The number of ether oxygens (including phenoxy) is 2. The molecule has 4 nitrogen and oxygen atoms in total. The summed E-state index contributed by atoms with van der Waals surface area (Å²) in [5.41, 5.74) is 2.19. The van der Waals surface area contributed by atoms with Gasteiger partial charge in [-0.1, -0.05) is 30.3 Å². The van der Waals surface area contributed by atoms with Gasteiger partial charge in [0.25, 0.3) is 0 Å². The first-order valence-corrected chi connectivity index (χ1v) is 7.39. The van der Waals surface area contributed by atoms with Crippen LogP contribution >= 0.6 is 0 Å². The number of hydrogen-bond acceptors (Lipinski definition) is 4. The lowest BCUT2D eigenvalue weighted by Crippen LogP contribution is -2.36. The average molecular weight is 287 g/mol. The first-order valence-electron chi connectivity index (χ1n) is 7.39. The lowest BCUT2D eigenvalue weighted by atomic mass is 9.84. The Balaban J connectivity index is 1.60. The Morgan fingerprint density at radius 2 is 2.14 bits per heavy atom. The van der Waals surface area contributed by atoms with Gasteiger partial charge in [0, 0.05) is 12.8 Å². The van der Waals surface area contributed by atoms with Crippen molar-refractivity contribution in [3.05, 3.63) is 47.5 Å². The van der Waals surface area contributed by atoms with Gasteiger partial charge in [-0.05, 0) is 23.6 Å². The molecule has 112 valence electrons. The fourth-order valence-electron chi connectivity index (χ4n) is 3.02. The Hall–Kier alpha value is -1.65. The molecule has 1 N–H and O–H groups in total. The highest BCUT2D eigenvalue weighted by Gasteiger charge is 2.38. The topological polar surface area (TPSA) is 51.0 Å². The van der Waals surface area contributed by atoms with E-state index in [4.69, 9.17) is 9.47 Å². The number of benzene rings is 1. The minimum atomic E-state index is -0.0359. The molecule has 0 radical (unpaired) electrons. The summed E-state index contributed by atoms with van der Waals surface area (Å²) in [4.78, 5) is 4.57. The summed E-state index contributed by atoms with van der Waals surface area (Å²) in [6.45, 7) is 3.21. The van der Waals surface area contributed by atoms with Crippen LogP contribution in [0.5, 0.6) is 0 Å². The molecule has 0 amide bonds. The van der Waals surface area contributed by atoms with Crippen LogP contribution in [0.1, 0.15) is 18.9 Å². The Morgan fingerprint density at radius 3 is 2.90 bits per heavy atom. The van der Waals surface area contributed by atoms with Crippen LogP contribution in [0.4, 0.5) is 0 Å². The third-order valence-electron chi connectivity index (χ3n) is 4.03. The van der Waals surface area contributed by atoms with Crippen molar-refractivity contribution in [3.63, 3.8) is 0 Å².